The van der Waals surface area contributed by atoms with Gasteiger partial charge in [0.15, 0.2) is 48.2 Å². The third-order valence-corrected chi connectivity index (χ3v) is 24.8. The van der Waals surface area contributed by atoms with Crippen molar-refractivity contribution < 1.29 is 18.0 Å². The Labute approximate surface area is 291 Å². The summed E-state index contributed by atoms with van der Waals surface area (Å²) in [6.07, 6.45) is 2.31. The van der Waals surface area contributed by atoms with Gasteiger partial charge in [-0.2, -0.15) is 0 Å². The van der Waals surface area contributed by atoms with Crippen LogP contribution < -0.4 is 5.56 Å². The predicted molar refractivity (Wildman–Crippen MR) is 203 cm³/mol. The van der Waals surface area contributed by atoms with Gasteiger partial charge in [0.2, 0.25) is 0 Å². The third kappa shape index (κ3) is 7.57. The number of rotatable bonds is 11. The highest BCUT2D eigenvalue weighted by Gasteiger charge is 2.55. The number of nitrogens with zero attached hydrogens (tertiary/aromatic N) is 4. The summed E-state index contributed by atoms with van der Waals surface area (Å²) in [5.41, 5.74) is 1.39. The van der Waals surface area contributed by atoms with Crippen molar-refractivity contribution in [3.8, 4) is 11.5 Å². The van der Waals surface area contributed by atoms with Gasteiger partial charge in [-0.25, -0.2) is 9.97 Å². The lowest BCUT2D eigenvalue weighted by atomic mass is 10.1. The second kappa shape index (κ2) is 13.3. The third-order valence-electron chi connectivity index (χ3n) is 11.4. The van der Waals surface area contributed by atoms with Gasteiger partial charge in [0, 0.05) is 12.7 Å². The van der Waals surface area contributed by atoms with E-state index in [1.807, 2.05) is 29.8 Å². The molecular formula is C35H63N5O5Si3. The average molecular weight is 718 g/mol. The molecule has 1 saturated heterocycles. The van der Waals surface area contributed by atoms with E-state index in [1.54, 1.807) is 10.9 Å². The summed E-state index contributed by atoms with van der Waals surface area (Å²) in [7, 11) is -6.87. The van der Waals surface area contributed by atoms with Gasteiger partial charge in [0.05, 0.1) is 12.3 Å². The Morgan fingerprint density at radius 2 is 1.44 bits per heavy atom. The summed E-state index contributed by atoms with van der Waals surface area (Å²) >= 11 is 0. The highest BCUT2D eigenvalue weighted by molar-refractivity contribution is 6.75. The van der Waals surface area contributed by atoms with E-state index in [4.69, 9.17) is 28.0 Å². The molecule has 1 N–H and O–H groups in total. The van der Waals surface area contributed by atoms with E-state index < -0.39 is 49.5 Å². The molecule has 1 aliphatic heterocycles. The SMILES string of the molecule is CCCn1cnc2c(nc(-c3ccc[nH]3)n2[C@@H]2O[C@H](CO[Si](C)(C)C(C)(C)C)[C@@H](O[Si](C)(C)C(C)(C)C)[C@H]2O[Si](C)(C)C(C)(C)C)c1=O. The van der Waals surface area contributed by atoms with E-state index in [0.717, 1.165) is 12.1 Å². The van der Waals surface area contributed by atoms with Crippen LogP contribution in [-0.4, -0.2) is 74.0 Å². The number of hydrogen-bond acceptors (Lipinski definition) is 7. The zero-order chi connectivity index (χ0) is 36.3. The maximum atomic E-state index is 13.8. The van der Waals surface area contributed by atoms with Crippen LogP contribution >= 0.6 is 0 Å². The number of aromatic nitrogens is 5. The number of H-pyrrole nitrogens is 1. The molecule has 1 aliphatic rings. The van der Waals surface area contributed by atoms with Crippen LogP contribution in [0.1, 0.15) is 81.9 Å². The highest BCUT2D eigenvalue weighted by Crippen LogP contribution is 2.47. The number of aromatic amines is 1. The molecule has 3 aromatic rings. The molecule has 0 aliphatic carbocycles. The zero-order valence-electron chi connectivity index (χ0n) is 32.6. The van der Waals surface area contributed by atoms with E-state index in [9.17, 15) is 4.79 Å². The number of aryl methyl sites for hydroxylation is 1. The van der Waals surface area contributed by atoms with Gasteiger partial charge >= 0.3 is 0 Å². The first kappa shape index (κ1) is 38.9. The Balaban J connectivity index is 1.98. The van der Waals surface area contributed by atoms with Crippen LogP contribution in [-0.2, 0) is 24.6 Å². The fourth-order valence-electron chi connectivity index (χ4n) is 5.16. The zero-order valence-corrected chi connectivity index (χ0v) is 35.6. The predicted octanol–water partition coefficient (Wildman–Crippen LogP) is 8.70. The summed E-state index contributed by atoms with van der Waals surface area (Å²) in [5, 5.41) is -0.0812. The number of imidazole rings is 1. The van der Waals surface area contributed by atoms with Crippen LogP contribution in [0.3, 0.4) is 0 Å². The smallest absolute Gasteiger partial charge is 0.281 e. The molecule has 1 fully saturated rings. The summed E-state index contributed by atoms with van der Waals surface area (Å²) in [4.78, 5) is 26.9. The van der Waals surface area contributed by atoms with Crippen molar-refractivity contribution >= 4 is 36.1 Å². The molecule has 0 saturated carbocycles. The lowest BCUT2D eigenvalue weighted by molar-refractivity contribution is -0.0462. The summed E-state index contributed by atoms with van der Waals surface area (Å²) in [6.45, 7) is 36.9. The Bertz CT molecular complexity index is 1610. The maximum absolute atomic E-state index is 13.8. The first-order chi connectivity index (χ1) is 21.8. The van der Waals surface area contributed by atoms with E-state index in [2.05, 4.69) is 107 Å². The van der Waals surface area contributed by atoms with Gasteiger partial charge in [-0.1, -0.05) is 69.2 Å². The Morgan fingerprint density at radius 1 is 0.875 bits per heavy atom. The second-order valence-corrected chi connectivity index (χ2v) is 32.4. The molecule has 0 unspecified atom stereocenters. The molecule has 0 radical (unpaired) electrons. The molecule has 0 spiro atoms. The van der Waals surface area contributed by atoms with Crippen LogP contribution in [0.5, 0.6) is 0 Å². The second-order valence-electron chi connectivity index (χ2n) is 18.1. The summed E-state index contributed by atoms with van der Waals surface area (Å²) in [5.74, 6) is 0.583. The van der Waals surface area contributed by atoms with Gasteiger partial charge < -0.3 is 23.0 Å². The van der Waals surface area contributed by atoms with Crippen molar-refractivity contribution in [3.63, 3.8) is 0 Å². The molecule has 13 heteroatoms. The van der Waals surface area contributed by atoms with Gasteiger partial charge in [0.1, 0.15) is 24.6 Å². The monoisotopic (exact) mass is 717 g/mol. The van der Waals surface area contributed by atoms with Crippen LogP contribution in [0.4, 0.5) is 0 Å². The van der Waals surface area contributed by atoms with Crippen molar-refractivity contribution in [2.75, 3.05) is 6.61 Å². The first-order valence-electron chi connectivity index (χ1n) is 17.6. The van der Waals surface area contributed by atoms with Crippen molar-refractivity contribution in [1.82, 2.24) is 24.1 Å². The quantitative estimate of drug-likeness (QED) is 0.198. The van der Waals surface area contributed by atoms with Crippen LogP contribution in [0.2, 0.25) is 54.4 Å². The van der Waals surface area contributed by atoms with Crippen molar-refractivity contribution in [1.29, 1.82) is 0 Å². The molecule has 3 aromatic heterocycles. The van der Waals surface area contributed by atoms with E-state index in [-0.39, 0.29) is 20.7 Å². The number of fused-ring (bicyclic) bond motifs is 1. The van der Waals surface area contributed by atoms with Crippen LogP contribution in [0, 0.1) is 0 Å². The van der Waals surface area contributed by atoms with E-state index in [1.165, 1.54) is 0 Å². The Morgan fingerprint density at radius 3 is 1.94 bits per heavy atom. The first-order valence-corrected chi connectivity index (χ1v) is 26.3. The lowest BCUT2D eigenvalue weighted by Gasteiger charge is -2.44. The normalized spacial score (nSPS) is 21.8. The summed E-state index contributed by atoms with van der Waals surface area (Å²) in [6, 6.07) is 3.89. The van der Waals surface area contributed by atoms with Gasteiger partial charge in [-0.3, -0.25) is 13.9 Å². The minimum absolute atomic E-state index is 0.0292. The fourth-order valence-corrected chi connectivity index (χ4v) is 8.78. The highest BCUT2D eigenvalue weighted by atomic mass is 28.4. The Kier molecular flexibility index (Phi) is 10.8. The molecule has 48 heavy (non-hydrogen) atoms. The fraction of sp³-hybridized carbons (Fsp3) is 0.743. The average Bonchev–Trinajstić information content (AvgIpc) is 3.66. The van der Waals surface area contributed by atoms with Crippen LogP contribution in [0.25, 0.3) is 22.7 Å². The summed E-state index contributed by atoms with van der Waals surface area (Å²) < 4.78 is 32.4. The lowest BCUT2D eigenvalue weighted by Crippen LogP contribution is -2.54. The Hall–Kier alpha value is -1.88. The van der Waals surface area contributed by atoms with Crippen molar-refractivity contribution in [2.45, 2.75) is 161 Å². The van der Waals surface area contributed by atoms with Crippen LogP contribution in [0.15, 0.2) is 29.5 Å². The van der Waals surface area contributed by atoms with Gasteiger partial charge in [0.25, 0.3) is 5.56 Å². The van der Waals surface area contributed by atoms with Crippen molar-refractivity contribution in [2.24, 2.45) is 0 Å². The minimum Gasteiger partial charge on any atom is -0.414 e. The molecule has 4 heterocycles. The maximum Gasteiger partial charge on any atom is 0.281 e. The van der Waals surface area contributed by atoms with Gasteiger partial charge in [-0.05, 0) is 73.0 Å². The number of ether oxygens (including phenoxy) is 1. The molecule has 270 valence electrons. The molecule has 4 atom stereocenters. The van der Waals surface area contributed by atoms with Gasteiger partial charge in [-0.15, -0.1) is 0 Å². The minimum atomic E-state index is -2.39. The van der Waals surface area contributed by atoms with Crippen molar-refractivity contribution in [3.05, 3.63) is 35.0 Å². The topological polar surface area (TPSA) is 105 Å². The van der Waals surface area contributed by atoms with E-state index in [0.29, 0.717) is 30.1 Å². The molecule has 0 amide bonds. The molecule has 4 rings (SSSR count). The van der Waals surface area contributed by atoms with E-state index >= 15 is 0 Å². The number of nitrogens with one attached hydrogen (secondary N) is 1. The largest absolute Gasteiger partial charge is 0.414 e. The molecule has 0 bridgehead atoms. The number of hydrogen-bond donors (Lipinski definition) is 1. The molecule has 0 aromatic carbocycles. The molecular weight excluding hydrogens is 655 g/mol. The molecule has 10 nitrogen and oxygen atoms in total. The standard InChI is InChI=1S/C35H63N5O5Si3/c1-17-21-39-23-37-30-26(31(39)41)38-29(24-19-18-20-36-24)40(30)32-28(45-48(15,16)35(8,9)10)27(44-47(13,14)34(5,6)7)25(43-32)22-42-46(11,12)33(2,3)4/h18-20,23,25,27-28,32,36H,17,21-22H2,1-16H3/t25-,27-,28-,32-/m1/s1.